The maximum atomic E-state index is 13.1. The van der Waals surface area contributed by atoms with E-state index in [0.29, 0.717) is 0 Å². The summed E-state index contributed by atoms with van der Waals surface area (Å²) in [6.07, 6.45) is -10.9. The van der Waals surface area contributed by atoms with Crippen molar-refractivity contribution in [3.05, 3.63) is 17.0 Å². The molecule has 1 rings (SSSR count). The monoisotopic (exact) mass is 332 g/mol. The summed E-state index contributed by atoms with van der Waals surface area (Å²) in [6, 6.07) is 0. The second-order valence-electron chi connectivity index (χ2n) is 4.81. The van der Waals surface area contributed by atoms with E-state index in [2.05, 4.69) is 5.10 Å². The summed E-state index contributed by atoms with van der Waals surface area (Å²) >= 11 is 0. The van der Waals surface area contributed by atoms with Crippen LogP contribution in [0.3, 0.4) is 0 Å². The van der Waals surface area contributed by atoms with Crippen molar-refractivity contribution >= 4 is 5.97 Å². The molecule has 0 saturated carbocycles. The van der Waals surface area contributed by atoms with Gasteiger partial charge in [0.05, 0.1) is 6.42 Å². The number of carboxylic acids is 1. The minimum absolute atomic E-state index is 0.114. The summed E-state index contributed by atoms with van der Waals surface area (Å²) in [7, 11) is 0.755. The van der Waals surface area contributed by atoms with Gasteiger partial charge in [-0.2, -0.15) is 31.4 Å². The van der Waals surface area contributed by atoms with Gasteiger partial charge in [-0.3, -0.25) is 9.48 Å². The van der Waals surface area contributed by atoms with Crippen LogP contribution in [-0.4, -0.2) is 20.9 Å². The Kier molecular flexibility index (Phi) is 5.14. The zero-order valence-electron chi connectivity index (χ0n) is 11.7. The van der Waals surface area contributed by atoms with Gasteiger partial charge in [0.25, 0.3) is 0 Å². The second kappa shape index (κ2) is 6.17. The van der Waals surface area contributed by atoms with Gasteiger partial charge in [-0.1, -0.05) is 13.3 Å². The van der Waals surface area contributed by atoms with E-state index in [1.165, 1.54) is 0 Å². The summed E-state index contributed by atoms with van der Waals surface area (Å²) in [6.45, 7) is 1.55. The number of aliphatic carboxylic acids is 1. The van der Waals surface area contributed by atoms with Gasteiger partial charge in [0.2, 0.25) is 0 Å². The Morgan fingerprint density at radius 1 is 1.23 bits per heavy atom. The second-order valence-corrected chi connectivity index (χ2v) is 4.81. The quantitative estimate of drug-likeness (QED) is 0.834. The molecule has 126 valence electrons. The molecule has 22 heavy (non-hydrogen) atoms. The molecular weight excluding hydrogens is 318 g/mol. The van der Waals surface area contributed by atoms with Crippen molar-refractivity contribution in [3.63, 3.8) is 0 Å². The predicted molar refractivity (Wildman–Crippen MR) is 63.1 cm³/mol. The lowest BCUT2D eigenvalue weighted by Gasteiger charge is -2.19. The summed E-state index contributed by atoms with van der Waals surface area (Å²) in [5.74, 6) is -2.88. The largest absolute Gasteiger partial charge is 0.481 e. The Hall–Kier alpha value is -1.74. The number of aromatic nitrogens is 2. The third kappa shape index (κ3) is 3.92. The predicted octanol–water partition coefficient (Wildman–Crippen LogP) is 3.82. The van der Waals surface area contributed by atoms with Crippen molar-refractivity contribution in [1.29, 1.82) is 0 Å². The molecule has 1 atom stereocenters. The highest BCUT2D eigenvalue weighted by molar-refractivity contribution is 5.68. The number of hydrogen-bond donors (Lipinski definition) is 1. The van der Waals surface area contributed by atoms with Crippen LogP contribution in [0.15, 0.2) is 0 Å². The topological polar surface area (TPSA) is 55.1 Å². The summed E-state index contributed by atoms with van der Waals surface area (Å²) in [5, 5.41) is 11.7. The Balaban J connectivity index is 3.61. The highest BCUT2D eigenvalue weighted by Crippen LogP contribution is 2.44. The first-order valence-electron chi connectivity index (χ1n) is 6.32. The van der Waals surface area contributed by atoms with Gasteiger partial charge in [-0.15, -0.1) is 0 Å². The van der Waals surface area contributed by atoms with Crippen LogP contribution in [0, 0.1) is 0 Å². The molecule has 0 aromatic carbocycles. The summed E-state index contributed by atoms with van der Waals surface area (Å²) in [4.78, 5) is 10.8. The van der Waals surface area contributed by atoms with Gasteiger partial charge >= 0.3 is 18.3 Å². The molecule has 0 aliphatic rings. The van der Waals surface area contributed by atoms with Crippen molar-refractivity contribution in [2.45, 2.75) is 44.5 Å². The number of carbonyl (C=O) groups is 1. The van der Waals surface area contributed by atoms with Crippen LogP contribution in [0.5, 0.6) is 0 Å². The Morgan fingerprint density at radius 3 is 2.14 bits per heavy atom. The first kappa shape index (κ1) is 18.3. The zero-order chi connectivity index (χ0) is 17.3. The highest BCUT2D eigenvalue weighted by atomic mass is 19.4. The first-order chi connectivity index (χ1) is 9.89. The van der Waals surface area contributed by atoms with Crippen molar-refractivity contribution in [2.24, 2.45) is 7.05 Å². The number of aryl methyl sites for hydroxylation is 1. The minimum atomic E-state index is -5.10. The lowest BCUT2D eigenvalue weighted by atomic mass is 9.89. The third-order valence-corrected chi connectivity index (χ3v) is 3.09. The van der Waals surface area contributed by atoms with E-state index in [1.807, 2.05) is 0 Å². The van der Waals surface area contributed by atoms with Crippen molar-refractivity contribution in [3.8, 4) is 0 Å². The van der Waals surface area contributed by atoms with Crippen molar-refractivity contribution in [2.75, 3.05) is 0 Å². The molecule has 1 unspecified atom stereocenters. The van der Waals surface area contributed by atoms with E-state index < -0.39 is 47.6 Å². The van der Waals surface area contributed by atoms with Crippen LogP contribution in [0.1, 0.15) is 49.1 Å². The summed E-state index contributed by atoms with van der Waals surface area (Å²) in [5.41, 5.74) is -4.33. The molecule has 0 saturated heterocycles. The maximum absolute atomic E-state index is 13.1. The molecule has 4 nitrogen and oxygen atoms in total. The van der Waals surface area contributed by atoms with Crippen LogP contribution in [0.4, 0.5) is 26.3 Å². The molecule has 0 aliphatic carbocycles. The van der Waals surface area contributed by atoms with E-state index in [9.17, 15) is 31.1 Å². The normalized spacial score (nSPS) is 14.2. The molecule has 1 aromatic rings. The van der Waals surface area contributed by atoms with Crippen LogP contribution in [0.25, 0.3) is 0 Å². The molecule has 0 bridgehead atoms. The van der Waals surface area contributed by atoms with E-state index in [1.54, 1.807) is 6.92 Å². The fourth-order valence-electron chi connectivity index (χ4n) is 2.38. The molecule has 1 heterocycles. The Labute approximate surface area is 121 Å². The molecule has 0 amide bonds. The van der Waals surface area contributed by atoms with Crippen molar-refractivity contribution < 1.29 is 36.2 Å². The number of nitrogens with zero attached hydrogens (tertiary/aromatic N) is 2. The number of hydrogen-bond acceptors (Lipinski definition) is 2. The van der Waals surface area contributed by atoms with Crippen LogP contribution < -0.4 is 0 Å². The maximum Gasteiger partial charge on any atom is 0.435 e. The van der Waals surface area contributed by atoms with Crippen LogP contribution in [0.2, 0.25) is 0 Å². The van der Waals surface area contributed by atoms with Gasteiger partial charge in [-0.25, -0.2) is 0 Å². The highest BCUT2D eigenvalue weighted by Gasteiger charge is 2.47. The molecule has 0 radical (unpaired) electrons. The molecule has 1 N–H and O–H groups in total. The number of rotatable bonds is 5. The van der Waals surface area contributed by atoms with E-state index in [0.717, 1.165) is 7.05 Å². The average molecular weight is 332 g/mol. The molecule has 1 aromatic heterocycles. The number of alkyl halides is 6. The Bertz CT molecular complexity index is 547. The first-order valence-corrected chi connectivity index (χ1v) is 6.32. The molecule has 10 heteroatoms. The van der Waals surface area contributed by atoms with E-state index >= 15 is 0 Å². The molecule has 0 aliphatic heterocycles. The van der Waals surface area contributed by atoms with Gasteiger partial charge in [-0.05, 0) is 12.3 Å². The Morgan fingerprint density at radius 2 is 1.77 bits per heavy atom. The third-order valence-electron chi connectivity index (χ3n) is 3.09. The van der Waals surface area contributed by atoms with E-state index in [4.69, 9.17) is 5.11 Å². The average Bonchev–Trinajstić information content (AvgIpc) is 2.65. The fourth-order valence-corrected chi connectivity index (χ4v) is 2.38. The minimum Gasteiger partial charge on any atom is -0.481 e. The SMILES string of the molecule is CCCC(CC(=O)O)c1c(C(F)(F)F)nn(C)c1C(F)(F)F. The molecule has 0 fully saturated rings. The van der Waals surface area contributed by atoms with Gasteiger partial charge in [0.15, 0.2) is 5.69 Å². The molecule has 0 spiro atoms. The number of halogens is 6. The van der Waals surface area contributed by atoms with Gasteiger partial charge in [0, 0.05) is 12.6 Å². The lowest BCUT2D eigenvalue weighted by molar-refractivity contribution is -0.147. The van der Waals surface area contributed by atoms with E-state index in [-0.39, 0.29) is 17.5 Å². The smallest absolute Gasteiger partial charge is 0.435 e. The van der Waals surface area contributed by atoms with Crippen LogP contribution in [-0.2, 0) is 24.2 Å². The van der Waals surface area contributed by atoms with Crippen molar-refractivity contribution in [1.82, 2.24) is 9.78 Å². The zero-order valence-corrected chi connectivity index (χ0v) is 11.7. The van der Waals surface area contributed by atoms with Crippen LogP contribution >= 0.6 is 0 Å². The number of carboxylic acid groups (broad SMARTS) is 1. The lowest BCUT2D eigenvalue weighted by Crippen LogP contribution is -2.19. The standard InChI is InChI=1S/C12H14F6N2O2/c1-3-4-6(5-7(21)22)8-9(11(13,14)15)19-20(2)10(8)12(16,17)18/h6H,3-5H2,1-2H3,(H,21,22). The molecular formula is C12H14F6N2O2. The fraction of sp³-hybridized carbons (Fsp3) is 0.667. The van der Waals surface area contributed by atoms with Gasteiger partial charge in [0.1, 0.15) is 5.69 Å². The summed E-state index contributed by atoms with van der Waals surface area (Å²) < 4.78 is 78.3. The van der Waals surface area contributed by atoms with Gasteiger partial charge < -0.3 is 5.11 Å².